The third kappa shape index (κ3) is 6.19. The van der Waals surface area contributed by atoms with Gasteiger partial charge in [-0.1, -0.05) is 25.5 Å². The number of carbonyl (C=O) groups excluding carboxylic acids is 1. The summed E-state index contributed by atoms with van der Waals surface area (Å²) < 4.78 is 7.34. The summed E-state index contributed by atoms with van der Waals surface area (Å²) in [6, 6.07) is 7.65. The molecule has 1 aliphatic heterocycles. The van der Waals surface area contributed by atoms with Gasteiger partial charge < -0.3 is 25.4 Å². The maximum Gasteiger partial charge on any atom is 0.321 e. The predicted octanol–water partition coefficient (Wildman–Crippen LogP) is 4.12. The molecule has 10 heteroatoms. The number of aliphatic hydroxyl groups is 1. The zero-order valence-corrected chi connectivity index (χ0v) is 21.5. The second kappa shape index (κ2) is 11.9. The van der Waals surface area contributed by atoms with Crippen LogP contribution in [0.3, 0.4) is 0 Å². The monoisotopic (exact) mass is 507 g/mol. The lowest BCUT2D eigenvalue weighted by Crippen LogP contribution is -2.43. The SMILES string of the molecule is CCCCNc1ncc2c(-c3ccc(NC(=O)N4CCOCC4)cc3)nn(CC3CCC(O)CC3)c2n1. The van der Waals surface area contributed by atoms with Crippen molar-refractivity contribution in [2.45, 2.75) is 58.1 Å². The average molecular weight is 508 g/mol. The Morgan fingerprint density at radius 2 is 1.89 bits per heavy atom. The van der Waals surface area contributed by atoms with E-state index >= 15 is 0 Å². The number of aromatic nitrogens is 4. The highest BCUT2D eigenvalue weighted by molar-refractivity contribution is 5.93. The molecule has 3 heterocycles. The summed E-state index contributed by atoms with van der Waals surface area (Å²) in [5.74, 6) is 1.08. The van der Waals surface area contributed by atoms with Crippen molar-refractivity contribution in [3.63, 3.8) is 0 Å². The average Bonchev–Trinajstić information content (AvgIpc) is 3.28. The van der Waals surface area contributed by atoms with E-state index in [1.165, 1.54) is 0 Å². The van der Waals surface area contributed by atoms with Gasteiger partial charge in [0.25, 0.3) is 0 Å². The fourth-order valence-electron chi connectivity index (χ4n) is 5.01. The van der Waals surface area contributed by atoms with Gasteiger partial charge >= 0.3 is 6.03 Å². The number of hydrogen-bond acceptors (Lipinski definition) is 7. The number of carbonyl (C=O) groups is 1. The third-order valence-corrected chi connectivity index (χ3v) is 7.26. The number of nitrogens with one attached hydrogen (secondary N) is 2. The molecule has 0 bridgehead atoms. The van der Waals surface area contributed by atoms with Crippen molar-refractivity contribution in [3.05, 3.63) is 30.5 Å². The summed E-state index contributed by atoms with van der Waals surface area (Å²) in [6.45, 7) is 6.10. The van der Waals surface area contributed by atoms with E-state index in [9.17, 15) is 9.90 Å². The maximum absolute atomic E-state index is 12.5. The number of benzene rings is 1. The number of fused-ring (bicyclic) bond motifs is 1. The van der Waals surface area contributed by atoms with E-state index in [1.807, 2.05) is 35.1 Å². The molecular formula is C27H37N7O3. The molecule has 3 aromatic rings. The Hall–Kier alpha value is -3.24. The zero-order valence-electron chi connectivity index (χ0n) is 21.5. The first kappa shape index (κ1) is 25.4. The predicted molar refractivity (Wildman–Crippen MR) is 144 cm³/mol. The minimum atomic E-state index is -0.180. The van der Waals surface area contributed by atoms with E-state index in [4.69, 9.17) is 14.8 Å². The van der Waals surface area contributed by atoms with Crippen LogP contribution in [0.15, 0.2) is 30.5 Å². The summed E-state index contributed by atoms with van der Waals surface area (Å²) in [6.07, 6.45) is 7.50. The van der Waals surface area contributed by atoms with Gasteiger partial charge in [-0.05, 0) is 50.2 Å². The largest absolute Gasteiger partial charge is 0.393 e. The van der Waals surface area contributed by atoms with Crippen molar-refractivity contribution >= 4 is 28.7 Å². The summed E-state index contributed by atoms with van der Waals surface area (Å²) in [5.41, 5.74) is 3.34. The quantitative estimate of drug-likeness (QED) is 0.393. The molecular weight excluding hydrogens is 470 g/mol. The molecule has 2 fully saturated rings. The third-order valence-electron chi connectivity index (χ3n) is 7.26. The van der Waals surface area contributed by atoms with Gasteiger partial charge in [-0.2, -0.15) is 10.1 Å². The molecule has 198 valence electrons. The van der Waals surface area contributed by atoms with Gasteiger partial charge in [0.2, 0.25) is 5.95 Å². The Balaban J connectivity index is 1.38. The van der Waals surface area contributed by atoms with Crippen molar-refractivity contribution in [3.8, 4) is 11.3 Å². The molecule has 2 amide bonds. The number of nitrogens with zero attached hydrogens (tertiary/aromatic N) is 5. The molecule has 10 nitrogen and oxygen atoms in total. The lowest BCUT2D eigenvalue weighted by Gasteiger charge is -2.26. The van der Waals surface area contributed by atoms with Gasteiger partial charge in [-0.15, -0.1) is 0 Å². The van der Waals surface area contributed by atoms with E-state index in [0.29, 0.717) is 38.2 Å². The molecule has 5 rings (SSSR count). The summed E-state index contributed by atoms with van der Waals surface area (Å²) in [7, 11) is 0. The highest BCUT2D eigenvalue weighted by Gasteiger charge is 2.23. The Morgan fingerprint density at radius 3 is 2.62 bits per heavy atom. The fraction of sp³-hybridized carbons (Fsp3) is 0.556. The van der Waals surface area contributed by atoms with Gasteiger partial charge in [-0.25, -0.2) is 14.5 Å². The molecule has 1 aliphatic carbocycles. The minimum Gasteiger partial charge on any atom is -0.393 e. The van der Waals surface area contributed by atoms with Gasteiger partial charge in [0, 0.05) is 43.6 Å². The second-order valence-corrected chi connectivity index (χ2v) is 10.0. The van der Waals surface area contributed by atoms with E-state index in [1.54, 1.807) is 4.90 Å². The van der Waals surface area contributed by atoms with Crippen LogP contribution in [0, 0.1) is 5.92 Å². The number of rotatable bonds is 8. The first-order valence-corrected chi connectivity index (χ1v) is 13.5. The van der Waals surface area contributed by atoms with Crippen LogP contribution in [0.4, 0.5) is 16.4 Å². The first-order valence-electron chi connectivity index (χ1n) is 13.5. The molecule has 1 aromatic carbocycles. The second-order valence-electron chi connectivity index (χ2n) is 10.0. The Labute approximate surface area is 217 Å². The number of ether oxygens (including phenoxy) is 1. The lowest BCUT2D eigenvalue weighted by molar-refractivity contribution is 0.0564. The number of aliphatic hydroxyl groups excluding tert-OH is 1. The number of unbranched alkanes of at least 4 members (excludes halogenated alkanes) is 1. The van der Waals surface area contributed by atoms with Crippen molar-refractivity contribution in [1.29, 1.82) is 0 Å². The van der Waals surface area contributed by atoms with E-state index in [0.717, 1.165) is 79.6 Å². The van der Waals surface area contributed by atoms with Gasteiger partial charge in [0.05, 0.1) is 24.7 Å². The van der Waals surface area contributed by atoms with Crippen LogP contribution in [-0.4, -0.2) is 74.7 Å². The maximum atomic E-state index is 12.5. The van der Waals surface area contributed by atoms with E-state index < -0.39 is 0 Å². The number of hydrogen-bond donors (Lipinski definition) is 3. The molecule has 37 heavy (non-hydrogen) atoms. The number of urea groups is 1. The Kier molecular flexibility index (Phi) is 8.15. The van der Waals surface area contributed by atoms with Crippen LogP contribution in [0.2, 0.25) is 0 Å². The van der Waals surface area contributed by atoms with Gasteiger partial charge in [-0.3, -0.25) is 0 Å². The molecule has 0 spiro atoms. The topological polar surface area (TPSA) is 117 Å². The summed E-state index contributed by atoms with van der Waals surface area (Å²) in [5, 5.41) is 22.1. The van der Waals surface area contributed by atoms with Crippen LogP contribution >= 0.6 is 0 Å². The molecule has 3 N–H and O–H groups in total. The van der Waals surface area contributed by atoms with Crippen molar-refractivity contribution < 1.29 is 14.6 Å². The summed E-state index contributed by atoms with van der Waals surface area (Å²) in [4.78, 5) is 23.7. The van der Waals surface area contributed by atoms with Gasteiger partial charge in [0.15, 0.2) is 5.65 Å². The fourth-order valence-corrected chi connectivity index (χ4v) is 5.01. The summed E-state index contributed by atoms with van der Waals surface area (Å²) >= 11 is 0. The normalized spacial score (nSPS) is 20.2. The molecule has 2 aliphatic rings. The number of morpholine rings is 1. The van der Waals surface area contributed by atoms with Crippen molar-refractivity contribution in [1.82, 2.24) is 24.6 Å². The Morgan fingerprint density at radius 1 is 1.14 bits per heavy atom. The first-order chi connectivity index (χ1) is 18.1. The minimum absolute atomic E-state index is 0.111. The standard InChI is InChI=1S/C27H37N7O3/c1-2-3-12-28-26-29-17-23-24(32-34(25(23)31-26)18-19-4-10-22(35)11-5-19)20-6-8-21(9-7-20)30-27(36)33-13-15-37-16-14-33/h6-9,17,19,22,35H,2-5,10-16,18H2,1H3,(H,30,36)(H,28,29,31). The smallest absolute Gasteiger partial charge is 0.321 e. The molecule has 0 radical (unpaired) electrons. The molecule has 0 atom stereocenters. The number of anilines is 2. The molecule has 1 saturated heterocycles. The molecule has 2 aromatic heterocycles. The highest BCUT2D eigenvalue weighted by atomic mass is 16.5. The Bertz CT molecular complexity index is 1180. The van der Waals surface area contributed by atoms with E-state index in [2.05, 4.69) is 22.5 Å². The highest BCUT2D eigenvalue weighted by Crippen LogP contribution is 2.31. The lowest BCUT2D eigenvalue weighted by atomic mass is 9.87. The number of amides is 2. The van der Waals surface area contributed by atoms with Crippen LogP contribution in [0.5, 0.6) is 0 Å². The van der Waals surface area contributed by atoms with Crippen LogP contribution in [0.1, 0.15) is 45.4 Å². The molecule has 1 saturated carbocycles. The van der Waals surface area contributed by atoms with Crippen molar-refractivity contribution in [2.24, 2.45) is 5.92 Å². The van der Waals surface area contributed by atoms with Crippen LogP contribution < -0.4 is 10.6 Å². The van der Waals surface area contributed by atoms with E-state index in [-0.39, 0.29) is 12.1 Å². The van der Waals surface area contributed by atoms with Gasteiger partial charge in [0.1, 0.15) is 5.69 Å². The van der Waals surface area contributed by atoms with Crippen LogP contribution in [0.25, 0.3) is 22.3 Å². The zero-order chi connectivity index (χ0) is 25.6. The van der Waals surface area contributed by atoms with Crippen molar-refractivity contribution in [2.75, 3.05) is 43.5 Å². The van der Waals surface area contributed by atoms with Crippen LogP contribution in [-0.2, 0) is 11.3 Å². The molecule has 0 unspecified atom stereocenters.